The van der Waals surface area contributed by atoms with Crippen molar-refractivity contribution in [2.75, 3.05) is 24.5 Å². The molecule has 4 rings (SSSR count). The van der Waals surface area contributed by atoms with Crippen molar-refractivity contribution in [2.45, 2.75) is 50.0 Å². The lowest BCUT2D eigenvalue weighted by atomic mass is 10.0. The fraction of sp³-hybridized carbons (Fsp3) is 0.345. The third-order valence-electron chi connectivity index (χ3n) is 6.79. The molecule has 0 radical (unpaired) electrons. The summed E-state index contributed by atoms with van der Waals surface area (Å²) in [5.74, 6) is -0.317. The summed E-state index contributed by atoms with van der Waals surface area (Å²) in [6, 6.07) is 15.3. The average molecular weight is 550 g/mol. The second-order valence-electron chi connectivity index (χ2n) is 9.68. The Hall–Kier alpha value is -3.60. The van der Waals surface area contributed by atoms with Crippen LogP contribution in [0.3, 0.4) is 0 Å². The lowest BCUT2D eigenvalue weighted by Crippen LogP contribution is -2.34. The minimum absolute atomic E-state index is 0.0542. The molecule has 9 nitrogen and oxygen atoms in total. The van der Waals surface area contributed by atoms with Gasteiger partial charge in [0, 0.05) is 43.3 Å². The van der Waals surface area contributed by atoms with Gasteiger partial charge >= 0.3 is 0 Å². The SMILES string of the molecule is NS(=O)(=O)c1ccc(CCNC(=O)c2ccc3c(c2)CNCCCCCCCN3C(=O)c2cccnc2)cc1. The smallest absolute Gasteiger partial charge is 0.259 e. The van der Waals surface area contributed by atoms with Gasteiger partial charge in [-0.1, -0.05) is 31.4 Å². The van der Waals surface area contributed by atoms with E-state index < -0.39 is 10.0 Å². The van der Waals surface area contributed by atoms with Gasteiger partial charge in [-0.2, -0.15) is 0 Å². The predicted octanol–water partition coefficient (Wildman–Crippen LogP) is 3.40. The Labute approximate surface area is 229 Å². The van der Waals surface area contributed by atoms with Crippen molar-refractivity contribution in [2.24, 2.45) is 5.14 Å². The molecule has 0 saturated carbocycles. The van der Waals surface area contributed by atoms with E-state index in [1.165, 1.54) is 12.1 Å². The highest BCUT2D eigenvalue weighted by atomic mass is 32.2. The number of carbonyl (C=O) groups is 2. The number of rotatable bonds is 6. The number of benzene rings is 2. The summed E-state index contributed by atoms with van der Waals surface area (Å²) in [5, 5.41) is 11.6. The average Bonchev–Trinajstić information content (AvgIpc) is 2.93. The van der Waals surface area contributed by atoms with Gasteiger partial charge in [-0.25, -0.2) is 13.6 Å². The number of primary sulfonamides is 1. The Morgan fingerprint density at radius 2 is 1.74 bits per heavy atom. The molecule has 2 aromatic carbocycles. The molecule has 206 valence electrons. The van der Waals surface area contributed by atoms with Crippen LogP contribution in [0.25, 0.3) is 0 Å². The summed E-state index contributed by atoms with van der Waals surface area (Å²) in [4.78, 5) is 32.5. The number of carbonyl (C=O) groups excluding carboxylic acids is 2. The molecule has 0 spiro atoms. The van der Waals surface area contributed by atoms with E-state index in [1.807, 2.05) is 17.0 Å². The number of hydrogen-bond acceptors (Lipinski definition) is 6. The number of anilines is 1. The van der Waals surface area contributed by atoms with Crippen LogP contribution in [0, 0.1) is 0 Å². The third-order valence-corrected chi connectivity index (χ3v) is 7.72. The quantitative estimate of drug-likeness (QED) is 0.431. The van der Waals surface area contributed by atoms with Gasteiger partial charge in [0.2, 0.25) is 10.0 Å². The number of aromatic nitrogens is 1. The van der Waals surface area contributed by atoms with Gasteiger partial charge in [0.15, 0.2) is 0 Å². The van der Waals surface area contributed by atoms with Crippen LogP contribution in [-0.4, -0.2) is 44.9 Å². The first-order valence-electron chi connectivity index (χ1n) is 13.3. The van der Waals surface area contributed by atoms with Crippen LogP contribution in [0.4, 0.5) is 5.69 Å². The van der Waals surface area contributed by atoms with Crippen molar-refractivity contribution in [3.63, 3.8) is 0 Å². The molecule has 4 N–H and O–H groups in total. The van der Waals surface area contributed by atoms with Crippen molar-refractivity contribution in [1.29, 1.82) is 0 Å². The molecule has 0 unspecified atom stereocenters. The molecule has 0 bridgehead atoms. The number of amides is 2. The first-order chi connectivity index (χ1) is 18.8. The molecule has 0 aliphatic carbocycles. The van der Waals surface area contributed by atoms with Crippen LogP contribution < -0.4 is 20.7 Å². The van der Waals surface area contributed by atoms with Gasteiger partial charge in [-0.15, -0.1) is 0 Å². The van der Waals surface area contributed by atoms with Crippen molar-refractivity contribution in [3.05, 3.63) is 89.2 Å². The zero-order chi connectivity index (χ0) is 27.7. The third kappa shape index (κ3) is 7.95. The summed E-state index contributed by atoms with van der Waals surface area (Å²) >= 11 is 0. The molecule has 0 fully saturated rings. The molecule has 1 aromatic heterocycles. The maximum atomic E-state index is 13.5. The number of nitrogens with zero attached hydrogens (tertiary/aromatic N) is 2. The Kier molecular flexibility index (Phi) is 9.80. The number of sulfonamides is 1. The van der Waals surface area contributed by atoms with Crippen molar-refractivity contribution in [1.82, 2.24) is 15.6 Å². The Morgan fingerprint density at radius 1 is 0.974 bits per heavy atom. The maximum Gasteiger partial charge on any atom is 0.259 e. The molecule has 1 aliphatic rings. The molecule has 0 atom stereocenters. The molecule has 39 heavy (non-hydrogen) atoms. The number of pyridine rings is 1. The fourth-order valence-electron chi connectivity index (χ4n) is 4.65. The normalized spacial score (nSPS) is 14.9. The fourth-order valence-corrected chi connectivity index (χ4v) is 5.17. The zero-order valence-electron chi connectivity index (χ0n) is 21.9. The van der Waals surface area contributed by atoms with Crippen LogP contribution >= 0.6 is 0 Å². The first-order valence-corrected chi connectivity index (χ1v) is 14.8. The van der Waals surface area contributed by atoms with Crippen molar-refractivity contribution >= 4 is 27.5 Å². The van der Waals surface area contributed by atoms with Crippen molar-refractivity contribution in [3.8, 4) is 0 Å². The Balaban J connectivity index is 1.50. The van der Waals surface area contributed by atoms with E-state index in [4.69, 9.17) is 5.14 Å². The van der Waals surface area contributed by atoms with Gasteiger partial charge in [0.05, 0.1) is 10.5 Å². The topological polar surface area (TPSA) is 134 Å². The zero-order valence-corrected chi connectivity index (χ0v) is 22.8. The Morgan fingerprint density at radius 3 is 2.49 bits per heavy atom. The first kappa shape index (κ1) is 28.4. The molecule has 1 aliphatic heterocycles. The van der Waals surface area contributed by atoms with Crippen LogP contribution in [0.15, 0.2) is 71.9 Å². The highest BCUT2D eigenvalue weighted by Gasteiger charge is 2.22. The number of hydrogen-bond donors (Lipinski definition) is 3. The number of nitrogens with one attached hydrogen (secondary N) is 2. The van der Waals surface area contributed by atoms with E-state index in [0.717, 1.165) is 55.5 Å². The van der Waals surface area contributed by atoms with Gasteiger partial charge in [-0.3, -0.25) is 14.6 Å². The molecular formula is C29H35N5O4S. The summed E-state index contributed by atoms with van der Waals surface area (Å²) in [5.41, 5.74) is 3.61. The molecule has 2 heterocycles. The monoisotopic (exact) mass is 549 g/mol. The number of fused-ring (bicyclic) bond motifs is 1. The largest absolute Gasteiger partial charge is 0.352 e. The summed E-state index contributed by atoms with van der Waals surface area (Å²) < 4.78 is 22.9. The van der Waals surface area contributed by atoms with Gasteiger partial charge < -0.3 is 15.5 Å². The molecular weight excluding hydrogens is 514 g/mol. The summed E-state index contributed by atoms with van der Waals surface area (Å²) in [6.45, 7) is 2.39. The molecule has 2 amide bonds. The second kappa shape index (κ2) is 13.5. The summed E-state index contributed by atoms with van der Waals surface area (Å²) in [7, 11) is -3.74. The lowest BCUT2D eigenvalue weighted by Gasteiger charge is -2.26. The van der Waals surface area contributed by atoms with Crippen LogP contribution in [0.1, 0.15) is 63.9 Å². The molecule has 3 aromatic rings. The van der Waals surface area contributed by atoms with Crippen LogP contribution in [0.2, 0.25) is 0 Å². The highest BCUT2D eigenvalue weighted by molar-refractivity contribution is 7.89. The van der Waals surface area contributed by atoms with E-state index >= 15 is 0 Å². The van der Waals surface area contributed by atoms with E-state index in [0.29, 0.717) is 37.2 Å². The minimum atomic E-state index is -3.74. The predicted molar refractivity (Wildman–Crippen MR) is 151 cm³/mol. The van der Waals surface area contributed by atoms with Gasteiger partial charge in [0.1, 0.15) is 0 Å². The van der Waals surface area contributed by atoms with E-state index in [1.54, 1.807) is 42.7 Å². The number of nitrogens with two attached hydrogens (primary N) is 1. The van der Waals surface area contributed by atoms with E-state index in [-0.39, 0.29) is 16.7 Å². The lowest BCUT2D eigenvalue weighted by molar-refractivity contribution is 0.0953. The highest BCUT2D eigenvalue weighted by Crippen LogP contribution is 2.26. The second-order valence-corrected chi connectivity index (χ2v) is 11.2. The van der Waals surface area contributed by atoms with Crippen LogP contribution in [0.5, 0.6) is 0 Å². The standard InChI is InChI=1S/C29H35N5O4S/c30-39(37,38)26-11-8-22(9-12-26)14-17-33-28(35)23-10-13-27-25(19-23)21-31-15-4-2-1-3-5-18-34(27)29(36)24-7-6-16-32-20-24/h6-13,16,19-20,31H,1-5,14-15,17-18,21H2,(H,33,35)(H2,30,37,38). The van der Waals surface area contributed by atoms with Crippen molar-refractivity contribution < 1.29 is 18.0 Å². The minimum Gasteiger partial charge on any atom is -0.352 e. The molecule has 10 heteroatoms. The van der Waals surface area contributed by atoms with Gasteiger partial charge in [-0.05, 0) is 79.4 Å². The van der Waals surface area contributed by atoms with Crippen LogP contribution in [-0.2, 0) is 23.0 Å². The van der Waals surface area contributed by atoms with E-state index in [2.05, 4.69) is 15.6 Å². The van der Waals surface area contributed by atoms with Gasteiger partial charge in [0.25, 0.3) is 11.8 Å². The van der Waals surface area contributed by atoms with E-state index in [9.17, 15) is 18.0 Å². The molecule has 0 saturated heterocycles. The Bertz CT molecular complexity index is 1380. The maximum absolute atomic E-state index is 13.5. The summed E-state index contributed by atoms with van der Waals surface area (Å²) in [6.07, 6.45) is 9.10.